The van der Waals surface area contributed by atoms with Gasteiger partial charge in [0.25, 0.3) is 0 Å². The number of carboxylic acid groups (broad SMARTS) is 1. The summed E-state index contributed by atoms with van der Waals surface area (Å²) in [5.41, 5.74) is 3.60. The van der Waals surface area contributed by atoms with Crippen molar-refractivity contribution in [2.24, 2.45) is 0 Å². The van der Waals surface area contributed by atoms with Gasteiger partial charge in [-0.2, -0.15) is 13.2 Å². The maximum atomic E-state index is 12.9. The van der Waals surface area contributed by atoms with Crippen LogP contribution >= 0.6 is 0 Å². The van der Waals surface area contributed by atoms with Crippen LogP contribution in [0, 0.1) is 0 Å². The summed E-state index contributed by atoms with van der Waals surface area (Å²) in [6.45, 7) is 4.23. The van der Waals surface area contributed by atoms with Crippen molar-refractivity contribution in [3.05, 3.63) is 89.6 Å². The predicted molar refractivity (Wildman–Crippen MR) is 134 cm³/mol. The summed E-state index contributed by atoms with van der Waals surface area (Å²) in [5.74, 6) is -1.08. The zero-order valence-corrected chi connectivity index (χ0v) is 20.1. The molecule has 4 aromatic rings. The molecule has 37 heavy (non-hydrogen) atoms. The lowest BCUT2D eigenvalue weighted by molar-refractivity contribution is -0.137. The van der Waals surface area contributed by atoms with Crippen molar-refractivity contribution in [3.8, 4) is 28.1 Å². The second-order valence-electron chi connectivity index (χ2n) is 9.59. The minimum absolute atomic E-state index is 0.0912. The van der Waals surface area contributed by atoms with E-state index in [4.69, 9.17) is 0 Å². The molecule has 2 heterocycles. The Bertz CT molecular complexity index is 1420. The summed E-state index contributed by atoms with van der Waals surface area (Å²) in [7, 11) is 0. The van der Waals surface area contributed by atoms with Gasteiger partial charge in [0.2, 0.25) is 0 Å². The first-order chi connectivity index (χ1) is 17.6. The first kappa shape index (κ1) is 24.7. The van der Waals surface area contributed by atoms with E-state index in [1.54, 1.807) is 12.3 Å². The maximum Gasteiger partial charge on any atom is 0.416 e. The smallest absolute Gasteiger partial charge is 0.416 e. The summed E-state index contributed by atoms with van der Waals surface area (Å²) in [6.07, 6.45) is -0.751. The number of hydrogen-bond acceptors (Lipinski definition) is 4. The van der Waals surface area contributed by atoms with Gasteiger partial charge in [0.05, 0.1) is 23.0 Å². The molecule has 0 unspecified atom stereocenters. The van der Waals surface area contributed by atoms with Crippen LogP contribution in [0.4, 0.5) is 13.2 Å². The van der Waals surface area contributed by atoms with Crippen molar-refractivity contribution in [2.75, 3.05) is 13.1 Å². The second kappa shape index (κ2) is 9.48. The van der Waals surface area contributed by atoms with Crippen molar-refractivity contribution >= 4 is 5.97 Å². The predicted octanol–water partition coefficient (Wildman–Crippen LogP) is 5.96. The molecule has 0 saturated carbocycles. The molecule has 9 heteroatoms. The second-order valence-corrected chi connectivity index (χ2v) is 9.59. The first-order valence-corrected chi connectivity index (χ1v) is 11.9. The van der Waals surface area contributed by atoms with E-state index in [0.717, 1.165) is 43.6 Å². The van der Waals surface area contributed by atoms with Crippen LogP contribution in [-0.2, 0) is 11.6 Å². The fraction of sp³-hybridized carbons (Fsp3) is 0.250. The van der Waals surface area contributed by atoms with Crippen molar-refractivity contribution in [3.63, 3.8) is 0 Å². The molecule has 3 aromatic carbocycles. The van der Waals surface area contributed by atoms with Crippen LogP contribution in [0.1, 0.15) is 41.3 Å². The molecule has 6 nitrogen and oxygen atoms in total. The van der Waals surface area contributed by atoms with Crippen molar-refractivity contribution < 1.29 is 23.1 Å². The van der Waals surface area contributed by atoms with Gasteiger partial charge < -0.3 is 10.4 Å². The minimum Gasteiger partial charge on any atom is -0.478 e. The van der Waals surface area contributed by atoms with Gasteiger partial charge in [-0.3, -0.25) is 0 Å². The third kappa shape index (κ3) is 5.13. The largest absolute Gasteiger partial charge is 0.478 e. The molecule has 1 aromatic heterocycles. The molecule has 5 rings (SSSR count). The average Bonchev–Trinajstić information content (AvgIpc) is 3.39. The third-order valence-electron chi connectivity index (χ3n) is 7.05. The van der Waals surface area contributed by atoms with E-state index in [2.05, 4.69) is 34.7 Å². The minimum atomic E-state index is -4.42. The molecular weight excluding hydrogens is 481 g/mol. The Morgan fingerprint density at radius 1 is 0.946 bits per heavy atom. The number of hydrogen-bond donors (Lipinski definition) is 2. The molecule has 0 bridgehead atoms. The van der Waals surface area contributed by atoms with Crippen LogP contribution in [0.15, 0.2) is 72.9 Å². The number of alkyl halides is 3. The number of carbonyl (C=O) groups is 1. The average molecular weight is 507 g/mol. The Balaban J connectivity index is 1.46. The van der Waals surface area contributed by atoms with Crippen LogP contribution in [-0.4, -0.2) is 39.2 Å². The standard InChI is InChI=1S/C28H25F3N4O2/c1-27(10-12-32-13-11-27)22-6-2-18(3-7-22)20-14-21(26(36)37)16-24(15-20)35-17-25(33-34-35)19-4-8-23(9-5-19)28(29,30)31/h2-9,14-17,32H,10-13H2,1H3,(H,36,37). The van der Waals surface area contributed by atoms with Crippen LogP contribution in [0.25, 0.3) is 28.1 Å². The Labute approximate surface area is 211 Å². The number of piperidine rings is 1. The third-order valence-corrected chi connectivity index (χ3v) is 7.05. The van der Waals surface area contributed by atoms with E-state index in [-0.39, 0.29) is 11.0 Å². The Hall–Kier alpha value is -3.98. The molecule has 1 aliphatic rings. The monoisotopic (exact) mass is 506 g/mol. The van der Waals surface area contributed by atoms with Gasteiger partial charge in [-0.15, -0.1) is 5.10 Å². The summed E-state index contributed by atoms with van der Waals surface area (Å²) in [4.78, 5) is 11.9. The number of aromatic carboxylic acids is 1. The van der Waals surface area contributed by atoms with Gasteiger partial charge in [-0.05, 0) is 78.4 Å². The van der Waals surface area contributed by atoms with E-state index >= 15 is 0 Å². The molecular formula is C28H25F3N4O2. The zero-order chi connectivity index (χ0) is 26.2. The van der Waals surface area contributed by atoms with Crippen LogP contribution in [0.5, 0.6) is 0 Å². The van der Waals surface area contributed by atoms with Crippen LogP contribution < -0.4 is 5.32 Å². The molecule has 0 amide bonds. The SMILES string of the molecule is CC1(c2ccc(-c3cc(C(=O)O)cc(-n4cc(-c5ccc(C(F)(F)F)cc5)nn4)c3)cc2)CCNCC1. The quantitative estimate of drug-likeness (QED) is 0.349. The summed E-state index contributed by atoms with van der Waals surface area (Å²) < 4.78 is 40.1. The number of halogens is 3. The molecule has 0 aliphatic carbocycles. The van der Waals surface area contributed by atoms with Crippen LogP contribution in [0.3, 0.4) is 0 Å². The lowest BCUT2D eigenvalue weighted by atomic mass is 9.75. The number of rotatable bonds is 5. The van der Waals surface area contributed by atoms with Crippen molar-refractivity contribution in [2.45, 2.75) is 31.4 Å². The van der Waals surface area contributed by atoms with E-state index in [9.17, 15) is 23.1 Å². The van der Waals surface area contributed by atoms with Crippen molar-refractivity contribution in [1.29, 1.82) is 0 Å². The number of carboxylic acids is 1. The van der Waals surface area contributed by atoms with Crippen molar-refractivity contribution in [1.82, 2.24) is 20.3 Å². The Kier molecular flexibility index (Phi) is 6.33. The van der Waals surface area contributed by atoms with Gasteiger partial charge in [0.15, 0.2) is 0 Å². The Morgan fingerprint density at radius 3 is 2.22 bits per heavy atom. The van der Waals surface area contributed by atoms with E-state index in [1.165, 1.54) is 28.4 Å². The Morgan fingerprint density at radius 2 is 1.59 bits per heavy atom. The van der Waals surface area contributed by atoms with Gasteiger partial charge in [-0.1, -0.05) is 48.5 Å². The zero-order valence-electron chi connectivity index (χ0n) is 20.1. The number of nitrogens with one attached hydrogen (secondary N) is 1. The van der Waals surface area contributed by atoms with Crippen LogP contribution in [0.2, 0.25) is 0 Å². The molecule has 0 radical (unpaired) electrons. The first-order valence-electron chi connectivity index (χ1n) is 11.9. The van der Waals surface area contributed by atoms with Gasteiger partial charge in [0.1, 0.15) is 5.69 Å². The number of nitrogens with zero attached hydrogens (tertiary/aromatic N) is 3. The highest BCUT2D eigenvalue weighted by Gasteiger charge is 2.30. The molecule has 2 N–H and O–H groups in total. The fourth-order valence-corrected chi connectivity index (χ4v) is 4.72. The van der Waals surface area contributed by atoms with E-state index in [0.29, 0.717) is 22.5 Å². The highest BCUT2D eigenvalue weighted by molar-refractivity contribution is 5.90. The molecule has 0 atom stereocenters. The van der Waals surface area contributed by atoms with E-state index in [1.807, 2.05) is 18.2 Å². The molecule has 190 valence electrons. The summed E-state index contributed by atoms with van der Waals surface area (Å²) in [5, 5.41) is 21.3. The highest BCUT2D eigenvalue weighted by Crippen LogP contribution is 2.35. The molecule has 1 aliphatic heterocycles. The molecule has 1 fully saturated rings. The molecule has 0 spiro atoms. The van der Waals surface area contributed by atoms with Gasteiger partial charge >= 0.3 is 12.1 Å². The summed E-state index contributed by atoms with van der Waals surface area (Å²) >= 11 is 0. The highest BCUT2D eigenvalue weighted by atomic mass is 19.4. The van der Waals surface area contributed by atoms with Gasteiger partial charge in [0, 0.05) is 5.56 Å². The lowest BCUT2D eigenvalue weighted by Crippen LogP contribution is -2.37. The topological polar surface area (TPSA) is 80.0 Å². The maximum absolute atomic E-state index is 12.9. The van der Waals surface area contributed by atoms with E-state index < -0.39 is 17.7 Å². The normalized spacial score (nSPS) is 15.5. The number of benzene rings is 3. The lowest BCUT2D eigenvalue weighted by Gasteiger charge is -2.34. The molecule has 1 saturated heterocycles. The summed E-state index contributed by atoms with van der Waals surface area (Å²) in [6, 6.07) is 17.8. The fourth-order valence-electron chi connectivity index (χ4n) is 4.72. The number of aromatic nitrogens is 3. The van der Waals surface area contributed by atoms with Gasteiger partial charge in [-0.25, -0.2) is 9.48 Å².